The highest BCUT2D eigenvalue weighted by atomic mass is 35.5. The maximum atomic E-state index is 6.05. The molecule has 25 heavy (non-hydrogen) atoms. The van der Waals surface area contributed by atoms with E-state index < -0.39 is 0 Å². The summed E-state index contributed by atoms with van der Waals surface area (Å²) in [6.07, 6.45) is 0. The Balaban J connectivity index is 0.00000225. The number of halogens is 1. The molecule has 0 aliphatic heterocycles. The first-order chi connectivity index (χ1) is 11.7. The highest BCUT2D eigenvalue weighted by Crippen LogP contribution is 2.36. The third-order valence-electron chi connectivity index (χ3n) is 3.82. The lowest BCUT2D eigenvalue weighted by Gasteiger charge is -2.07. The van der Waals surface area contributed by atoms with E-state index in [9.17, 15) is 0 Å². The molecule has 3 aromatic rings. The molecule has 1 heterocycles. The maximum Gasteiger partial charge on any atom is 0.368 e. The standard InChI is InChI=1S/C19H19O5.ClH/c1-20-13-10-17(22-3)14-6-8-15(24-18(14)11-13)12-5-7-16(21-2)19(9-12)23-4;/h5-11H,1-4H3;1H/q+1;/p-1. The Kier molecular flexibility index (Phi) is 5.93. The van der Waals surface area contributed by atoms with Gasteiger partial charge in [0.05, 0.1) is 40.1 Å². The zero-order valence-electron chi connectivity index (χ0n) is 14.5. The fourth-order valence-electron chi connectivity index (χ4n) is 2.57. The molecule has 0 radical (unpaired) electrons. The zero-order valence-corrected chi connectivity index (χ0v) is 15.2. The molecule has 0 fully saturated rings. The molecule has 5 nitrogen and oxygen atoms in total. The van der Waals surface area contributed by atoms with Gasteiger partial charge in [0, 0.05) is 18.2 Å². The Labute approximate surface area is 152 Å². The first-order valence-corrected chi connectivity index (χ1v) is 7.41. The van der Waals surface area contributed by atoms with Gasteiger partial charge in [0.15, 0.2) is 11.5 Å². The maximum absolute atomic E-state index is 6.05. The molecule has 2 aromatic carbocycles. The highest BCUT2D eigenvalue weighted by Gasteiger charge is 2.20. The number of rotatable bonds is 5. The van der Waals surface area contributed by atoms with Crippen LogP contribution in [0.1, 0.15) is 0 Å². The fraction of sp³-hybridized carbons (Fsp3) is 0.211. The number of fused-ring (bicyclic) bond motifs is 1. The Morgan fingerprint density at radius 1 is 0.680 bits per heavy atom. The van der Waals surface area contributed by atoms with E-state index in [1.807, 2.05) is 42.5 Å². The van der Waals surface area contributed by atoms with E-state index >= 15 is 0 Å². The molecule has 3 rings (SSSR count). The van der Waals surface area contributed by atoms with Gasteiger partial charge < -0.3 is 31.4 Å². The quantitative estimate of drug-likeness (QED) is 0.642. The summed E-state index contributed by atoms with van der Waals surface area (Å²) in [6.45, 7) is 0. The minimum Gasteiger partial charge on any atom is -1.00 e. The van der Waals surface area contributed by atoms with Gasteiger partial charge in [-0.3, -0.25) is 0 Å². The first-order valence-electron chi connectivity index (χ1n) is 7.41. The molecule has 0 atom stereocenters. The fourth-order valence-corrected chi connectivity index (χ4v) is 2.57. The van der Waals surface area contributed by atoms with Gasteiger partial charge >= 0.3 is 11.3 Å². The van der Waals surface area contributed by atoms with Gasteiger partial charge in [0.25, 0.3) is 0 Å². The number of methoxy groups -OCH3 is 4. The van der Waals surface area contributed by atoms with Gasteiger partial charge in [-0.05, 0) is 18.2 Å². The lowest BCUT2D eigenvalue weighted by Crippen LogP contribution is -3.00. The molecular formula is C19H19ClO5. The van der Waals surface area contributed by atoms with Crippen LogP contribution in [-0.2, 0) is 0 Å². The molecule has 0 amide bonds. The second kappa shape index (κ2) is 7.94. The second-order valence-corrected chi connectivity index (χ2v) is 5.11. The van der Waals surface area contributed by atoms with Crippen molar-refractivity contribution in [3.63, 3.8) is 0 Å². The summed E-state index contributed by atoms with van der Waals surface area (Å²) in [5.74, 6) is 3.40. The topological polar surface area (TPSA) is 48.2 Å². The van der Waals surface area contributed by atoms with Crippen LogP contribution < -0.4 is 31.4 Å². The molecule has 0 aliphatic carbocycles. The van der Waals surface area contributed by atoms with Crippen molar-refractivity contribution >= 4 is 11.0 Å². The molecule has 1 aromatic heterocycles. The van der Waals surface area contributed by atoms with Crippen molar-refractivity contribution in [3.8, 4) is 34.3 Å². The van der Waals surface area contributed by atoms with Gasteiger partial charge in [0.1, 0.15) is 16.9 Å². The van der Waals surface area contributed by atoms with E-state index in [2.05, 4.69) is 0 Å². The predicted molar refractivity (Wildman–Crippen MR) is 92.3 cm³/mol. The van der Waals surface area contributed by atoms with Crippen LogP contribution in [0.4, 0.5) is 0 Å². The summed E-state index contributed by atoms with van der Waals surface area (Å²) >= 11 is 0. The van der Waals surface area contributed by atoms with E-state index in [0.29, 0.717) is 34.3 Å². The van der Waals surface area contributed by atoms with Crippen LogP contribution in [0.15, 0.2) is 46.9 Å². The van der Waals surface area contributed by atoms with Crippen molar-refractivity contribution in [2.75, 3.05) is 28.4 Å². The molecule has 0 N–H and O–H groups in total. The molecule has 0 bridgehead atoms. The SMILES string of the molecule is COc1cc(OC)c2ccc(-c3ccc(OC)c(OC)c3)[o+]c2c1.[Cl-]. The molecule has 0 unspecified atom stereocenters. The lowest BCUT2D eigenvalue weighted by molar-refractivity contribution is -0.00000649. The average Bonchev–Trinajstić information content (AvgIpc) is 2.65. The Bertz CT molecular complexity index is 879. The summed E-state index contributed by atoms with van der Waals surface area (Å²) in [5, 5.41) is 0.877. The van der Waals surface area contributed by atoms with Gasteiger partial charge in [-0.1, -0.05) is 0 Å². The van der Waals surface area contributed by atoms with Crippen LogP contribution in [0.3, 0.4) is 0 Å². The van der Waals surface area contributed by atoms with Crippen molar-refractivity contribution in [2.24, 2.45) is 0 Å². The normalized spacial score (nSPS) is 10.1. The smallest absolute Gasteiger partial charge is 0.368 e. The number of hydrogen-bond donors (Lipinski definition) is 0. The van der Waals surface area contributed by atoms with E-state index in [4.69, 9.17) is 23.4 Å². The average molecular weight is 363 g/mol. The van der Waals surface area contributed by atoms with Crippen LogP contribution >= 0.6 is 0 Å². The Morgan fingerprint density at radius 2 is 1.40 bits per heavy atom. The van der Waals surface area contributed by atoms with E-state index in [0.717, 1.165) is 10.9 Å². The molecule has 0 spiro atoms. The zero-order chi connectivity index (χ0) is 17.1. The van der Waals surface area contributed by atoms with Crippen molar-refractivity contribution in [1.29, 1.82) is 0 Å². The number of ether oxygens (including phenoxy) is 4. The minimum absolute atomic E-state index is 0. The second-order valence-electron chi connectivity index (χ2n) is 5.11. The van der Waals surface area contributed by atoms with Crippen LogP contribution in [0, 0.1) is 0 Å². The van der Waals surface area contributed by atoms with E-state index in [-0.39, 0.29) is 12.4 Å². The molecule has 6 heteroatoms. The monoisotopic (exact) mass is 362 g/mol. The minimum atomic E-state index is 0. The molecular weight excluding hydrogens is 344 g/mol. The summed E-state index contributed by atoms with van der Waals surface area (Å²) in [5.41, 5.74) is 1.56. The largest absolute Gasteiger partial charge is 1.00 e. The van der Waals surface area contributed by atoms with Crippen molar-refractivity contribution in [3.05, 3.63) is 42.5 Å². The van der Waals surface area contributed by atoms with E-state index in [1.54, 1.807) is 28.4 Å². The predicted octanol–water partition coefficient (Wildman–Crippen LogP) is 1.42. The van der Waals surface area contributed by atoms with Crippen LogP contribution in [0.2, 0.25) is 0 Å². The molecule has 132 valence electrons. The highest BCUT2D eigenvalue weighted by molar-refractivity contribution is 5.86. The van der Waals surface area contributed by atoms with Gasteiger partial charge in [0.2, 0.25) is 0 Å². The third-order valence-corrected chi connectivity index (χ3v) is 3.82. The van der Waals surface area contributed by atoms with E-state index in [1.165, 1.54) is 0 Å². The summed E-state index contributed by atoms with van der Waals surface area (Å²) in [7, 11) is 6.45. The summed E-state index contributed by atoms with van der Waals surface area (Å²) < 4.78 is 27.4. The van der Waals surface area contributed by atoms with Gasteiger partial charge in [-0.15, -0.1) is 0 Å². The Hall–Kier alpha value is -2.66. The van der Waals surface area contributed by atoms with Crippen molar-refractivity contribution < 1.29 is 35.8 Å². The summed E-state index contributed by atoms with van der Waals surface area (Å²) in [6, 6.07) is 13.2. The molecule has 0 aliphatic rings. The Morgan fingerprint density at radius 3 is 2.04 bits per heavy atom. The van der Waals surface area contributed by atoms with Gasteiger partial charge in [-0.25, -0.2) is 4.42 Å². The number of hydrogen-bond acceptors (Lipinski definition) is 4. The summed E-state index contributed by atoms with van der Waals surface area (Å²) in [4.78, 5) is 0. The third kappa shape index (κ3) is 3.56. The molecule has 0 saturated carbocycles. The van der Waals surface area contributed by atoms with Crippen molar-refractivity contribution in [2.45, 2.75) is 0 Å². The first kappa shape index (κ1) is 18.7. The molecule has 0 saturated heterocycles. The lowest BCUT2D eigenvalue weighted by atomic mass is 10.1. The van der Waals surface area contributed by atoms with Crippen LogP contribution in [-0.4, -0.2) is 28.4 Å². The van der Waals surface area contributed by atoms with Crippen LogP contribution in [0.25, 0.3) is 22.3 Å². The van der Waals surface area contributed by atoms with Gasteiger partial charge in [-0.2, -0.15) is 0 Å². The van der Waals surface area contributed by atoms with Crippen LogP contribution in [0.5, 0.6) is 23.0 Å². The number of benzene rings is 2. The van der Waals surface area contributed by atoms with Crippen molar-refractivity contribution in [1.82, 2.24) is 0 Å².